The summed E-state index contributed by atoms with van der Waals surface area (Å²) < 4.78 is 0. The molecule has 0 saturated carbocycles. The molecule has 0 bridgehead atoms. The summed E-state index contributed by atoms with van der Waals surface area (Å²) >= 11 is 6.19. The van der Waals surface area contributed by atoms with Crippen LogP contribution in [0.15, 0.2) is 24.3 Å². The summed E-state index contributed by atoms with van der Waals surface area (Å²) in [5.41, 5.74) is 4.26. The van der Waals surface area contributed by atoms with Gasteiger partial charge in [-0.3, -0.25) is 0 Å². The third-order valence-electron chi connectivity index (χ3n) is 3.02. The van der Waals surface area contributed by atoms with E-state index in [2.05, 4.69) is 28.3 Å². The van der Waals surface area contributed by atoms with E-state index < -0.39 is 0 Å². The monoisotopic (exact) mass is 245 g/mol. The summed E-state index contributed by atoms with van der Waals surface area (Å²) in [5.74, 6) is 0.718. The fraction of sp³-hybridized carbons (Fsp3) is 0.231. The van der Waals surface area contributed by atoms with Gasteiger partial charge in [-0.05, 0) is 12.5 Å². The highest BCUT2D eigenvalue weighted by atomic mass is 35.5. The molecule has 86 valence electrons. The molecule has 0 aliphatic carbocycles. The first-order valence-corrected chi connectivity index (χ1v) is 5.95. The third-order valence-corrected chi connectivity index (χ3v) is 3.34. The number of nitrogens with zero attached hydrogens (tertiary/aromatic N) is 2. The van der Waals surface area contributed by atoms with Crippen LogP contribution in [0.4, 0.5) is 0 Å². The van der Waals surface area contributed by atoms with Gasteiger partial charge in [-0.15, -0.1) is 0 Å². The van der Waals surface area contributed by atoms with E-state index in [9.17, 15) is 0 Å². The lowest BCUT2D eigenvalue weighted by atomic mass is 10.1. The van der Waals surface area contributed by atoms with Gasteiger partial charge in [0.1, 0.15) is 5.15 Å². The molecule has 0 fully saturated rings. The maximum Gasteiger partial charge on any atom is 0.161 e. The van der Waals surface area contributed by atoms with E-state index in [1.54, 1.807) is 0 Å². The molecule has 0 amide bonds. The first-order chi connectivity index (χ1) is 8.25. The second kappa shape index (κ2) is 4.09. The van der Waals surface area contributed by atoms with Crippen LogP contribution in [-0.4, -0.2) is 9.97 Å². The zero-order valence-corrected chi connectivity index (χ0v) is 10.3. The van der Waals surface area contributed by atoms with Crippen LogP contribution in [0, 0.1) is 6.92 Å². The summed E-state index contributed by atoms with van der Waals surface area (Å²) in [6.07, 6.45) is 0. The fourth-order valence-electron chi connectivity index (χ4n) is 2.07. The number of nitrogens with one attached hydrogen (secondary N) is 1. The van der Waals surface area contributed by atoms with Crippen molar-refractivity contribution in [3.05, 3.63) is 46.2 Å². The van der Waals surface area contributed by atoms with Crippen LogP contribution in [0.2, 0.25) is 5.15 Å². The van der Waals surface area contributed by atoms with Crippen LogP contribution < -0.4 is 5.32 Å². The Morgan fingerprint density at radius 3 is 2.82 bits per heavy atom. The Morgan fingerprint density at radius 1 is 1.18 bits per heavy atom. The maximum absolute atomic E-state index is 6.19. The lowest BCUT2D eigenvalue weighted by Gasteiger charge is -2.07. The molecule has 1 aromatic heterocycles. The highest BCUT2D eigenvalue weighted by molar-refractivity contribution is 6.30. The molecule has 0 atom stereocenters. The van der Waals surface area contributed by atoms with Gasteiger partial charge in [-0.2, -0.15) is 0 Å². The van der Waals surface area contributed by atoms with E-state index in [4.69, 9.17) is 11.6 Å². The molecule has 0 unspecified atom stereocenters. The van der Waals surface area contributed by atoms with Crippen LogP contribution in [-0.2, 0) is 13.1 Å². The van der Waals surface area contributed by atoms with E-state index in [1.165, 1.54) is 0 Å². The molecule has 3 rings (SSSR count). The Morgan fingerprint density at radius 2 is 2.00 bits per heavy atom. The van der Waals surface area contributed by atoms with Crippen molar-refractivity contribution >= 4 is 11.6 Å². The molecule has 2 heterocycles. The van der Waals surface area contributed by atoms with Crippen molar-refractivity contribution in [2.45, 2.75) is 20.0 Å². The van der Waals surface area contributed by atoms with E-state index in [-0.39, 0.29) is 0 Å². The molecule has 1 N–H and O–H groups in total. The van der Waals surface area contributed by atoms with Crippen LogP contribution in [0.3, 0.4) is 0 Å². The number of aryl methyl sites for hydroxylation is 1. The number of aromatic nitrogens is 2. The van der Waals surface area contributed by atoms with Crippen molar-refractivity contribution in [2.24, 2.45) is 0 Å². The molecule has 1 aromatic carbocycles. The fourth-order valence-corrected chi connectivity index (χ4v) is 2.33. The largest absolute Gasteiger partial charge is 0.307 e. The van der Waals surface area contributed by atoms with Crippen LogP contribution in [0.5, 0.6) is 0 Å². The van der Waals surface area contributed by atoms with Crippen molar-refractivity contribution in [3.63, 3.8) is 0 Å². The minimum atomic E-state index is 0.568. The van der Waals surface area contributed by atoms with Gasteiger partial charge in [-0.1, -0.05) is 35.9 Å². The molecule has 0 spiro atoms. The molecule has 4 heteroatoms. The van der Waals surface area contributed by atoms with E-state index in [1.807, 2.05) is 18.2 Å². The second-order valence-electron chi connectivity index (χ2n) is 4.18. The van der Waals surface area contributed by atoms with Gasteiger partial charge >= 0.3 is 0 Å². The average Bonchev–Trinajstić information content (AvgIpc) is 2.78. The summed E-state index contributed by atoms with van der Waals surface area (Å²) in [7, 11) is 0. The topological polar surface area (TPSA) is 37.8 Å². The zero-order valence-electron chi connectivity index (χ0n) is 9.50. The molecular weight excluding hydrogens is 234 g/mol. The molecule has 1 aliphatic heterocycles. The van der Waals surface area contributed by atoms with E-state index in [0.717, 1.165) is 41.3 Å². The number of fused-ring (bicyclic) bond motifs is 1. The predicted octanol–water partition coefficient (Wildman–Crippen LogP) is 2.71. The van der Waals surface area contributed by atoms with Gasteiger partial charge in [0.2, 0.25) is 0 Å². The van der Waals surface area contributed by atoms with Crippen LogP contribution in [0.1, 0.15) is 16.8 Å². The molecule has 2 aromatic rings. The molecule has 0 saturated heterocycles. The number of benzene rings is 1. The number of halogens is 1. The molecule has 0 radical (unpaired) electrons. The lowest BCUT2D eigenvalue weighted by Crippen LogP contribution is -2.00. The Bertz CT molecular complexity index is 581. The highest BCUT2D eigenvalue weighted by Gasteiger charge is 2.18. The first kappa shape index (κ1) is 10.7. The SMILES string of the molecule is Cc1ccccc1-c1nc(Cl)c2c(n1)CNC2. The van der Waals surface area contributed by atoms with Gasteiger partial charge < -0.3 is 5.32 Å². The maximum atomic E-state index is 6.19. The molecular formula is C13H12ClN3. The number of hydrogen-bond donors (Lipinski definition) is 1. The van der Waals surface area contributed by atoms with Crippen molar-refractivity contribution in [3.8, 4) is 11.4 Å². The van der Waals surface area contributed by atoms with Gasteiger partial charge in [0.15, 0.2) is 5.82 Å². The van der Waals surface area contributed by atoms with Crippen molar-refractivity contribution in [1.82, 2.24) is 15.3 Å². The van der Waals surface area contributed by atoms with Crippen LogP contribution >= 0.6 is 11.6 Å². The predicted molar refractivity (Wildman–Crippen MR) is 67.8 cm³/mol. The highest BCUT2D eigenvalue weighted by Crippen LogP contribution is 2.26. The second-order valence-corrected chi connectivity index (χ2v) is 4.54. The standard InChI is InChI=1S/C13H12ClN3/c1-8-4-2-3-5-9(8)13-16-11-7-15-6-10(11)12(14)17-13/h2-5,15H,6-7H2,1H3. The summed E-state index contributed by atoms with van der Waals surface area (Å²) in [5, 5.41) is 3.80. The Balaban J connectivity index is 2.17. The van der Waals surface area contributed by atoms with Gasteiger partial charge in [-0.25, -0.2) is 9.97 Å². The average molecular weight is 246 g/mol. The van der Waals surface area contributed by atoms with Gasteiger partial charge in [0, 0.05) is 24.2 Å². The number of hydrogen-bond acceptors (Lipinski definition) is 3. The molecule has 3 nitrogen and oxygen atoms in total. The summed E-state index contributed by atoms with van der Waals surface area (Å²) in [4.78, 5) is 8.98. The lowest BCUT2D eigenvalue weighted by molar-refractivity contribution is 0.758. The van der Waals surface area contributed by atoms with E-state index in [0.29, 0.717) is 5.15 Å². The normalized spacial score (nSPS) is 13.8. The Kier molecular flexibility index (Phi) is 2.57. The Labute approximate surface area is 105 Å². The zero-order chi connectivity index (χ0) is 11.8. The quantitative estimate of drug-likeness (QED) is 0.785. The van der Waals surface area contributed by atoms with Crippen LogP contribution in [0.25, 0.3) is 11.4 Å². The van der Waals surface area contributed by atoms with Crippen molar-refractivity contribution < 1.29 is 0 Å². The molecule has 1 aliphatic rings. The minimum Gasteiger partial charge on any atom is -0.307 e. The molecule has 17 heavy (non-hydrogen) atoms. The van der Waals surface area contributed by atoms with Crippen molar-refractivity contribution in [1.29, 1.82) is 0 Å². The van der Waals surface area contributed by atoms with Gasteiger partial charge in [0.25, 0.3) is 0 Å². The van der Waals surface area contributed by atoms with E-state index >= 15 is 0 Å². The first-order valence-electron chi connectivity index (χ1n) is 5.57. The summed E-state index contributed by atoms with van der Waals surface area (Å²) in [6.45, 7) is 3.59. The Hall–Kier alpha value is -1.45. The summed E-state index contributed by atoms with van der Waals surface area (Å²) in [6, 6.07) is 8.08. The smallest absolute Gasteiger partial charge is 0.161 e. The third kappa shape index (κ3) is 1.81. The van der Waals surface area contributed by atoms with Crippen molar-refractivity contribution in [2.75, 3.05) is 0 Å². The minimum absolute atomic E-state index is 0.568. The number of rotatable bonds is 1. The van der Waals surface area contributed by atoms with Gasteiger partial charge in [0.05, 0.1) is 5.69 Å².